The van der Waals surface area contributed by atoms with Crippen LogP contribution in [0.25, 0.3) is 0 Å². The van der Waals surface area contributed by atoms with Crippen LogP contribution in [0, 0.1) is 0 Å². The topological polar surface area (TPSA) is 21.6 Å². The van der Waals surface area contributed by atoms with Crippen molar-refractivity contribution in [3.63, 3.8) is 0 Å². The van der Waals surface area contributed by atoms with Crippen LogP contribution in [0.4, 0.5) is 0 Å². The molecule has 0 N–H and O–H groups in total. The monoisotopic (exact) mass is 98.1 g/mol. The quantitative estimate of drug-likeness (QED) is 0.406. The predicted molar refractivity (Wildman–Crippen MR) is 28.5 cm³/mol. The van der Waals surface area contributed by atoms with E-state index in [0.29, 0.717) is 13.2 Å². The number of hydrogen-bond acceptors (Lipinski definition) is 2. The molecule has 38 valence electrons. The molecule has 0 aromatic carbocycles. The zero-order valence-corrected chi connectivity index (χ0v) is 3.92. The van der Waals surface area contributed by atoms with Gasteiger partial charge in [-0.05, 0) is 6.08 Å². The molecule has 1 heterocycles. The average molecular weight is 98.1 g/mol. The summed E-state index contributed by atoms with van der Waals surface area (Å²) < 4.78 is 11.6. The Balaban J connectivity index is 2.48. The number of nitrogens with zero attached hydrogens (tertiary/aromatic N) is 1. The smallest absolute Gasteiger partial charge is 0.170 e. The summed E-state index contributed by atoms with van der Waals surface area (Å²) in [5.41, 5.74) is 0. The van der Waals surface area contributed by atoms with Gasteiger partial charge < -0.3 is 4.74 Å². The third kappa shape index (κ3) is 1.39. The van der Waals surface area contributed by atoms with E-state index in [9.17, 15) is 0 Å². The molecule has 7 heavy (non-hydrogen) atoms. The van der Waals surface area contributed by atoms with Crippen molar-refractivity contribution in [2.24, 2.45) is 4.99 Å². The summed E-state index contributed by atoms with van der Waals surface area (Å²) in [4.78, 5) is 3.70. The zero-order chi connectivity index (χ0) is 5.82. The molecule has 1 rings (SSSR count). The lowest BCUT2D eigenvalue weighted by Crippen LogP contribution is -1.82. The van der Waals surface area contributed by atoms with Crippen LogP contribution in [0.3, 0.4) is 0 Å². The number of rotatable bonds is 0. The highest BCUT2D eigenvalue weighted by Gasteiger charge is 1.78. The Morgan fingerprint density at radius 3 is 3.71 bits per heavy atom. The number of aliphatic imine (C=N–C) groups is 1. The van der Waals surface area contributed by atoms with Crippen molar-refractivity contribution < 1.29 is 6.11 Å². The van der Waals surface area contributed by atoms with Gasteiger partial charge in [0.05, 0.1) is 6.54 Å². The second kappa shape index (κ2) is 2.39. The first-order valence-corrected chi connectivity index (χ1v) is 2.18. The number of ether oxygens (including phenoxy) is 1. The Morgan fingerprint density at radius 2 is 2.71 bits per heavy atom. The average Bonchev–Trinajstić information content (AvgIpc) is 1.94. The molecule has 0 radical (unpaired) electrons. The molecule has 0 saturated heterocycles. The van der Waals surface area contributed by atoms with Crippen molar-refractivity contribution in [1.82, 2.24) is 0 Å². The summed E-state index contributed by atoms with van der Waals surface area (Å²) in [7, 11) is 0. The first-order valence-electron chi connectivity index (χ1n) is 2.68. The molecule has 0 aromatic heterocycles. The van der Waals surface area contributed by atoms with Crippen LogP contribution >= 0.6 is 0 Å². The van der Waals surface area contributed by atoms with Gasteiger partial charge >= 0.3 is 0 Å². The molecular formula is C5H7NO. The van der Waals surface area contributed by atoms with Crippen LogP contribution in [0.15, 0.2) is 17.1 Å². The highest BCUT2D eigenvalue weighted by molar-refractivity contribution is 5.47. The van der Waals surface area contributed by atoms with E-state index in [4.69, 9.17) is 6.11 Å². The molecule has 2 nitrogen and oxygen atoms in total. The maximum absolute atomic E-state index is 6.90. The fourth-order valence-corrected chi connectivity index (χ4v) is 0.364. The Kier molecular flexibility index (Phi) is 1.11. The van der Waals surface area contributed by atoms with Crippen LogP contribution in [0.5, 0.6) is 0 Å². The maximum atomic E-state index is 6.90. The Labute approximate surface area is 43.9 Å². The lowest BCUT2D eigenvalue weighted by Gasteiger charge is -1.85. The van der Waals surface area contributed by atoms with Gasteiger partial charge in [0.25, 0.3) is 0 Å². The van der Waals surface area contributed by atoms with E-state index in [2.05, 4.69) is 4.99 Å². The SMILES string of the molecule is [2H]C1=NCC=CCO1. The summed E-state index contributed by atoms with van der Waals surface area (Å²) in [5.74, 6) is 0. The van der Waals surface area contributed by atoms with E-state index in [0.717, 1.165) is 0 Å². The third-order valence-corrected chi connectivity index (χ3v) is 0.672. The van der Waals surface area contributed by atoms with Crippen LogP contribution in [0.2, 0.25) is 0 Å². The molecule has 0 spiro atoms. The minimum atomic E-state index is 0.0370. The van der Waals surface area contributed by atoms with Gasteiger partial charge in [0.1, 0.15) is 7.98 Å². The molecule has 2 heteroatoms. The van der Waals surface area contributed by atoms with E-state index in [1.807, 2.05) is 12.2 Å². The summed E-state index contributed by atoms with van der Waals surface area (Å²) in [6.45, 7) is 1.07. The van der Waals surface area contributed by atoms with Crippen molar-refractivity contribution in [2.75, 3.05) is 13.2 Å². The molecular weight excluding hydrogens is 90.1 g/mol. The van der Waals surface area contributed by atoms with E-state index >= 15 is 0 Å². The van der Waals surface area contributed by atoms with E-state index in [1.54, 1.807) is 0 Å². The molecule has 0 unspecified atom stereocenters. The molecule has 0 fully saturated rings. The summed E-state index contributed by atoms with van der Waals surface area (Å²) in [6, 6.07) is 0. The minimum Gasteiger partial charge on any atom is -0.479 e. The van der Waals surface area contributed by atoms with Crippen molar-refractivity contribution in [3.8, 4) is 0 Å². The lowest BCUT2D eigenvalue weighted by molar-refractivity contribution is 0.369. The summed E-state index contributed by atoms with van der Waals surface area (Å²) in [6.07, 6.45) is 3.77. The Bertz CT molecular complexity index is 130. The van der Waals surface area contributed by atoms with Gasteiger partial charge in [-0.1, -0.05) is 6.08 Å². The fraction of sp³-hybridized carbons (Fsp3) is 0.400. The van der Waals surface area contributed by atoms with Gasteiger partial charge in [0.15, 0.2) is 6.38 Å². The van der Waals surface area contributed by atoms with Crippen molar-refractivity contribution >= 4 is 6.38 Å². The highest BCUT2D eigenvalue weighted by Crippen LogP contribution is 1.81. The van der Waals surface area contributed by atoms with E-state index < -0.39 is 0 Å². The molecule has 1 aliphatic heterocycles. The van der Waals surface area contributed by atoms with Crippen molar-refractivity contribution in [2.45, 2.75) is 0 Å². The standard InChI is InChI=1S/C5H7NO/c1-2-4-7-5-6-3-1/h1-2,5H,3-4H2/i5D. The second-order valence-corrected chi connectivity index (χ2v) is 1.21. The van der Waals surface area contributed by atoms with Crippen LogP contribution < -0.4 is 0 Å². The molecule has 0 aromatic rings. The van der Waals surface area contributed by atoms with Gasteiger partial charge in [-0.15, -0.1) is 0 Å². The first kappa shape index (κ1) is 3.24. The van der Waals surface area contributed by atoms with E-state index in [1.165, 1.54) is 0 Å². The normalized spacial score (nSPS) is 21.7. The maximum Gasteiger partial charge on any atom is 0.170 e. The first-order chi connectivity index (χ1) is 3.89. The molecule has 0 aliphatic carbocycles. The Morgan fingerprint density at radius 1 is 1.71 bits per heavy atom. The zero-order valence-electron chi connectivity index (χ0n) is 4.92. The molecule has 0 saturated carbocycles. The minimum absolute atomic E-state index is 0.0370. The van der Waals surface area contributed by atoms with Gasteiger partial charge in [-0.2, -0.15) is 0 Å². The molecule has 1 aliphatic rings. The fourth-order valence-electron chi connectivity index (χ4n) is 0.364. The highest BCUT2D eigenvalue weighted by atomic mass is 16.5. The number of hydrogen-bond donors (Lipinski definition) is 0. The molecule has 0 bridgehead atoms. The predicted octanol–water partition coefficient (Wildman–Crippen LogP) is 0.601. The van der Waals surface area contributed by atoms with Crippen LogP contribution in [-0.2, 0) is 4.74 Å². The second-order valence-electron chi connectivity index (χ2n) is 1.21. The lowest BCUT2D eigenvalue weighted by atomic mass is 10.5. The van der Waals surface area contributed by atoms with Crippen molar-refractivity contribution in [3.05, 3.63) is 12.2 Å². The third-order valence-electron chi connectivity index (χ3n) is 0.672. The van der Waals surface area contributed by atoms with Gasteiger partial charge in [0.2, 0.25) is 0 Å². The Hall–Kier alpha value is -0.790. The van der Waals surface area contributed by atoms with Crippen LogP contribution in [0.1, 0.15) is 1.37 Å². The van der Waals surface area contributed by atoms with Crippen molar-refractivity contribution in [1.29, 1.82) is 0 Å². The van der Waals surface area contributed by atoms with Gasteiger partial charge in [-0.3, -0.25) is 4.99 Å². The summed E-state index contributed by atoms with van der Waals surface area (Å²) in [5, 5.41) is 0. The van der Waals surface area contributed by atoms with Crippen LogP contribution in [-0.4, -0.2) is 19.5 Å². The van der Waals surface area contributed by atoms with Gasteiger partial charge in [0, 0.05) is 0 Å². The largest absolute Gasteiger partial charge is 0.479 e. The van der Waals surface area contributed by atoms with E-state index in [-0.39, 0.29) is 6.38 Å². The molecule has 0 amide bonds. The van der Waals surface area contributed by atoms with Gasteiger partial charge in [-0.25, -0.2) is 0 Å². The summed E-state index contributed by atoms with van der Waals surface area (Å²) >= 11 is 0. The molecule has 0 atom stereocenters.